The van der Waals surface area contributed by atoms with E-state index in [2.05, 4.69) is 40.2 Å². The Labute approximate surface area is 166 Å². The highest BCUT2D eigenvalue weighted by atomic mass is 16.1. The Bertz CT molecular complexity index is 970. The molecule has 2 aliphatic heterocycles. The van der Waals surface area contributed by atoms with Crippen molar-refractivity contribution in [1.29, 1.82) is 0 Å². The number of nitrogens with zero attached hydrogens (tertiary/aromatic N) is 2. The second-order valence-corrected chi connectivity index (χ2v) is 8.34. The zero-order valence-electron chi connectivity index (χ0n) is 16.1. The molecule has 0 spiro atoms. The van der Waals surface area contributed by atoms with Gasteiger partial charge < -0.3 is 0 Å². The fourth-order valence-electron chi connectivity index (χ4n) is 5.20. The van der Waals surface area contributed by atoms with E-state index in [4.69, 9.17) is 0 Å². The van der Waals surface area contributed by atoms with Crippen molar-refractivity contribution in [3.63, 3.8) is 0 Å². The zero-order valence-corrected chi connectivity index (χ0v) is 16.1. The first-order valence-electron chi connectivity index (χ1n) is 10.5. The minimum atomic E-state index is 0.142. The van der Waals surface area contributed by atoms with Crippen molar-refractivity contribution in [2.45, 2.75) is 50.7 Å². The average molecular weight is 370 g/mol. The number of fused-ring (bicyclic) bond motifs is 3. The molecule has 2 unspecified atom stereocenters. The summed E-state index contributed by atoms with van der Waals surface area (Å²) in [7, 11) is 0. The molecule has 0 amide bonds. The minimum absolute atomic E-state index is 0.142. The summed E-state index contributed by atoms with van der Waals surface area (Å²) in [5.41, 5.74) is 3.12. The van der Waals surface area contributed by atoms with Crippen LogP contribution in [0.5, 0.6) is 0 Å². The van der Waals surface area contributed by atoms with Crippen LogP contribution in [-0.2, 0) is 6.54 Å². The van der Waals surface area contributed by atoms with E-state index in [1.54, 1.807) is 6.20 Å². The summed E-state index contributed by atoms with van der Waals surface area (Å²) in [4.78, 5) is 20.4. The Hall–Kier alpha value is -2.52. The SMILES string of the molecule is O=C(c1ccc2cccnc2c1)C1CC2CCCC(C1)N2Cc1ccccc1. The molecule has 2 bridgehead atoms. The first kappa shape index (κ1) is 17.6. The van der Waals surface area contributed by atoms with E-state index in [9.17, 15) is 4.79 Å². The molecule has 2 aromatic carbocycles. The van der Waals surface area contributed by atoms with E-state index in [-0.39, 0.29) is 5.92 Å². The van der Waals surface area contributed by atoms with E-state index in [0.29, 0.717) is 17.9 Å². The predicted molar refractivity (Wildman–Crippen MR) is 112 cm³/mol. The van der Waals surface area contributed by atoms with Gasteiger partial charge in [-0.2, -0.15) is 0 Å². The van der Waals surface area contributed by atoms with Crippen LogP contribution in [0.1, 0.15) is 48.0 Å². The lowest BCUT2D eigenvalue weighted by Crippen LogP contribution is -2.52. The van der Waals surface area contributed by atoms with Crippen molar-refractivity contribution in [3.05, 3.63) is 78.0 Å². The van der Waals surface area contributed by atoms with Crippen molar-refractivity contribution in [3.8, 4) is 0 Å². The number of aromatic nitrogens is 1. The third kappa shape index (κ3) is 3.35. The fourth-order valence-corrected chi connectivity index (χ4v) is 5.20. The molecule has 28 heavy (non-hydrogen) atoms. The standard InChI is InChI=1S/C25H26N2O/c28-25(20-12-11-19-8-5-13-26-24(19)16-20)21-14-22-9-4-10-23(15-21)27(22)17-18-6-2-1-3-7-18/h1-3,5-8,11-13,16,21-23H,4,9-10,14-15,17H2. The fraction of sp³-hybridized carbons (Fsp3) is 0.360. The highest BCUT2D eigenvalue weighted by molar-refractivity contribution is 6.00. The van der Waals surface area contributed by atoms with Crippen LogP contribution in [-0.4, -0.2) is 27.8 Å². The summed E-state index contributed by atoms with van der Waals surface area (Å²) >= 11 is 0. The normalized spacial score (nSPS) is 24.9. The lowest BCUT2D eigenvalue weighted by Gasteiger charge is -2.48. The number of hydrogen-bond acceptors (Lipinski definition) is 3. The van der Waals surface area contributed by atoms with E-state index >= 15 is 0 Å². The van der Waals surface area contributed by atoms with E-state index in [1.807, 2.05) is 30.3 Å². The molecule has 3 heterocycles. The molecule has 2 atom stereocenters. The lowest BCUT2D eigenvalue weighted by atomic mass is 9.75. The van der Waals surface area contributed by atoms with Gasteiger partial charge in [0.25, 0.3) is 0 Å². The van der Waals surface area contributed by atoms with E-state index in [1.165, 1.54) is 24.8 Å². The quantitative estimate of drug-likeness (QED) is 0.588. The highest BCUT2D eigenvalue weighted by Gasteiger charge is 2.40. The van der Waals surface area contributed by atoms with Crippen molar-refractivity contribution in [1.82, 2.24) is 9.88 Å². The van der Waals surface area contributed by atoms with Crippen LogP contribution in [0, 0.1) is 5.92 Å². The molecule has 0 saturated carbocycles. The van der Waals surface area contributed by atoms with Gasteiger partial charge in [0.15, 0.2) is 5.78 Å². The number of carbonyl (C=O) groups is 1. The highest BCUT2D eigenvalue weighted by Crippen LogP contribution is 2.39. The Kier molecular flexibility index (Phi) is 4.69. The first-order valence-corrected chi connectivity index (χ1v) is 10.5. The van der Waals surface area contributed by atoms with Gasteiger partial charge in [0.2, 0.25) is 0 Å². The van der Waals surface area contributed by atoms with Crippen LogP contribution < -0.4 is 0 Å². The Balaban J connectivity index is 1.35. The van der Waals surface area contributed by atoms with Gasteiger partial charge in [-0.25, -0.2) is 0 Å². The van der Waals surface area contributed by atoms with Gasteiger partial charge in [-0.05, 0) is 43.4 Å². The molecular weight excluding hydrogens is 344 g/mol. The molecule has 0 radical (unpaired) electrons. The minimum Gasteiger partial charge on any atom is -0.294 e. The van der Waals surface area contributed by atoms with E-state index in [0.717, 1.165) is 35.9 Å². The van der Waals surface area contributed by atoms with Crippen molar-refractivity contribution < 1.29 is 4.79 Å². The maximum absolute atomic E-state index is 13.3. The number of hydrogen-bond donors (Lipinski definition) is 0. The number of ketones is 1. The maximum atomic E-state index is 13.3. The Morgan fingerprint density at radius 2 is 1.75 bits per heavy atom. The van der Waals surface area contributed by atoms with E-state index < -0.39 is 0 Å². The van der Waals surface area contributed by atoms with Crippen LogP contribution in [0.2, 0.25) is 0 Å². The van der Waals surface area contributed by atoms with Gasteiger partial charge >= 0.3 is 0 Å². The van der Waals surface area contributed by atoms with Crippen LogP contribution in [0.3, 0.4) is 0 Å². The number of piperidine rings is 2. The summed E-state index contributed by atoms with van der Waals surface area (Å²) in [6, 6.07) is 21.8. The van der Waals surface area contributed by atoms with Crippen LogP contribution in [0.15, 0.2) is 66.9 Å². The smallest absolute Gasteiger partial charge is 0.166 e. The molecule has 5 rings (SSSR count). The third-order valence-corrected chi connectivity index (χ3v) is 6.60. The van der Waals surface area contributed by atoms with Crippen molar-refractivity contribution >= 4 is 16.7 Å². The van der Waals surface area contributed by atoms with Gasteiger partial charge in [-0.15, -0.1) is 0 Å². The number of pyridine rings is 1. The molecule has 2 saturated heterocycles. The topological polar surface area (TPSA) is 33.2 Å². The molecular formula is C25H26N2O. The monoisotopic (exact) mass is 370 g/mol. The molecule has 2 fully saturated rings. The molecule has 1 aromatic heterocycles. The van der Waals surface area contributed by atoms with Gasteiger partial charge in [-0.1, -0.05) is 55.0 Å². The molecule has 3 aromatic rings. The van der Waals surface area contributed by atoms with Gasteiger partial charge in [-0.3, -0.25) is 14.7 Å². The molecule has 2 aliphatic rings. The number of Topliss-reactive ketones (excluding diaryl/α,β-unsaturated/α-hetero) is 1. The van der Waals surface area contributed by atoms with Gasteiger partial charge in [0.1, 0.15) is 0 Å². The summed E-state index contributed by atoms with van der Waals surface area (Å²) in [6.45, 7) is 1.01. The zero-order chi connectivity index (χ0) is 18.9. The van der Waals surface area contributed by atoms with Crippen molar-refractivity contribution in [2.24, 2.45) is 5.92 Å². The summed E-state index contributed by atoms with van der Waals surface area (Å²) < 4.78 is 0. The number of rotatable bonds is 4. The number of benzene rings is 2. The largest absolute Gasteiger partial charge is 0.294 e. The lowest BCUT2D eigenvalue weighted by molar-refractivity contribution is 0.00907. The second kappa shape index (κ2) is 7.48. The summed E-state index contributed by atoms with van der Waals surface area (Å²) in [5, 5.41) is 1.09. The molecule has 0 N–H and O–H groups in total. The van der Waals surface area contributed by atoms with Crippen molar-refractivity contribution in [2.75, 3.05) is 0 Å². The van der Waals surface area contributed by atoms with Crippen LogP contribution >= 0.6 is 0 Å². The number of carbonyl (C=O) groups excluding carboxylic acids is 1. The molecule has 3 heteroatoms. The maximum Gasteiger partial charge on any atom is 0.166 e. The van der Waals surface area contributed by atoms with Gasteiger partial charge in [0.05, 0.1) is 5.52 Å². The predicted octanol–water partition coefficient (Wildman–Crippen LogP) is 5.25. The van der Waals surface area contributed by atoms with Crippen LogP contribution in [0.4, 0.5) is 0 Å². The van der Waals surface area contributed by atoms with Crippen LogP contribution in [0.25, 0.3) is 10.9 Å². The average Bonchev–Trinajstić information content (AvgIpc) is 2.73. The first-order chi connectivity index (χ1) is 13.8. The summed E-state index contributed by atoms with van der Waals surface area (Å²) in [6.07, 6.45) is 7.49. The third-order valence-electron chi connectivity index (χ3n) is 6.60. The molecule has 142 valence electrons. The summed E-state index contributed by atoms with van der Waals surface area (Å²) in [5.74, 6) is 0.451. The van der Waals surface area contributed by atoms with Gasteiger partial charge in [0, 0.05) is 41.7 Å². The second-order valence-electron chi connectivity index (χ2n) is 8.34. The Morgan fingerprint density at radius 3 is 2.54 bits per heavy atom. The molecule has 3 nitrogen and oxygen atoms in total. The Morgan fingerprint density at radius 1 is 0.964 bits per heavy atom. The molecule has 0 aliphatic carbocycles.